The highest BCUT2D eigenvalue weighted by Crippen LogP contribution is 2.46. The number of piperazine rings is 1. The van der Waals surface area contributed by atoms with Crippen LogP contribution in [-0.4, -0.2) is 98.7 Å². The molecule has 0 radical (unpaired) electrons. The first-order valence-electron chi connectivity index (χ1n) is 17.5. The van der Waals surface area contributed by atoms with Gasteiger partial charge in [0.1, 0.15) is 11.9 Å². The second-order valence-corrected chi connectivity index (χ2v) is 13.5. The molecule has 4 heterocycles. The lowest BCUT2D eigenvalue weighted by atomic mass is 9.90. The van der Waals surface area contributed by atoms with E-state index in [1.807, 2.05) is 37.3 Å². The van der Waals surface area contributed by atoms with Crippen molar-refractivity contribution in [2.45, 2.75) is 57.3 Å². The van der Waals surface area contributed by atoms with Crippen molar-refractivity contribution in [1.82, 2.24) is 14.8 Å². The molecular formula is C39H44F3N7O3. The van der Waals surface area contributed by atoms with Gasteiger partial charge in [0, 0.05) is 69.7 Å². The van der Waals surface area contributed by atoms with Crippen molar-refractivity contribution in [2.75, 3.05) is 62.7 Å². The minimum atomic E-state index is -4.99. The predicted molar refractivity (Wildman–Crippen MR) is 195 cm³/mol. The van der Waals surface area contributed by atoms with Crippen molar-refractivity contribution in [2.24, 2.45) is 4.99 Å². The molecule has 3 aliphatic rings. The topological polar surface area (TPSA) is 97.5 Å². The maximum atomic E-state index is 14.7. The Morgan fingerprint density at radius 3 is 2.44 bits per heavy atom. The zero-order chi connectivity index (χ0) is 37.2. The van der Waals surface area contributed by atoms with Gasteiger partial charge in [-0.2, -0.15) is 18.4 Å². The number of allylic oxidation sites excluding steroid dienone is 1. The second kappa shape index (κ2) is 15.1. The van der Waals surface area contributed by atoms with Crippen LogP contribution in [0.3, 0.4) is 0 Å². The number of benzene rings is 2. The van der Waals surface area contributed by atoms with E-state index < -0.39 is 23.7 Å². The van der Waals surface area contributed by atoms with E-state index in [1.54, 1.807) is 19.1 Å². The Kier molecular flexibility index (Phi) is 10.7. The number of hydrogen-bond donors (Lipinski definition) is 0. The molecule has 0 aliphatic carbocycles. The average molecular weight is 716 g/mol. The Bertz CT molecular complexity index is 1860. The summed E-state index contributed by atoms with van der Waals surface area (Å²) in [5.74, 6) is -0.434. The molecule has 2 fully saturated rings. The number of amides is 1. The zero-order valence-electron chi connectivity index (χ0n) is 29.9. The molecule has 3 aliphatic heterocycles. The summed E-state index contributed by atoms with van der Waals surface area (Å²) in [4.78, 5) is 31.0. The summed E-state index contributed by atoms with van der Waals surface area (Å²) in [5, 5.41) is 9.62. The number of hydrogen-bond acceptors (Lipinski definition) is 9. The summed E-state index contributed by atoms with van der Waals surface area (Å²) in [5.41, 5.74) is 0.833. The molecule has 274 valence electrons. The Morgan fingerprint density at radius 1 is 1.08 bits per heavy atom. The first-order chi connectivity index (χ1) is 24.9. The van der Waals surface area contributed by atoms with Gasteiger partial charge in [-0.3, -0.25) is 14.7 Å². The number of aliphatic imine (C=N–C) groups is 1. The molecule has 2 saturated heterocycles. The van der Waals surface area contributed by atoms with Gasteiger partial charge in [0.05, 0.1) is 41.7 Å². The number of carbonyl (C=O) groups excluding carboxylic acids is 1. The number of nitrogens with zero attached hydrogens (tertiary/aromatic N) is 7. The number of rotatable bonds is 9. The summed E-state index contributed by atoms with van der Waals surface area (Å²) in [6, 6.07) is 16.2. The van der Waals surface area contributed by atoms with Crippen LogP contribution >= 0.6 is 0 Å². The fourth-order valence-electron chi connectivity index (χ4n) is 7.76. The van der Waals surface area contributed by atoms with Crippen LogP contribution in [0.4, 0.5) is 30.4 Å². The second-order valence-electron chi connectivity index (χ2n) is 13.5. The lowest BCUT2D eigenvalue weighted by molar-refractivity contribution is -0.271. The van der Waals surface area contributed by atoms with Gasteiger partial charge < -0.3 is 24.2 Å². The van der Waals surface area contributed by atoms with Crippen LogP contribution < -0.4 is 9.80 Å². The van der Waals surface area contributed by atoms with E-state index in [2.05, 4.69) is 39.4 Å². The lowest BCUT2D eigenvalue weighted by Gasteiger charge is -2.42. The summed E-state index contributed by atoms with van der Waals surface area (Å²) >= 11 is 0. The maximum Gasteiger partial charge on any atom is 0.430 e. The van der Waals surface area contributed by atoms with Crippen LogP contribution in [0.5, 0.6) is 0 Å². The van der Waals surface area contributed by atoms with Gasteiger partial charge in [-0.1, -0.05) is 48.6 Å². The van der Waals surface area contributed by atoms with Crippen LogP contribution in [0.25, 0.3) is 6.08 Å². The quantitative estimate of drug-likeness (QED) is 0.240. The van der Waals surface area contributed by atoms with E-state index in [-0.39, 0.29) is 24.3 Å². The van der Waals surface area contributed by atoms with Crippen LogP contribution in [0.1, 0.15) is 54.8 Å². The van der Waals surface area contributed by atoms with Crippen molar-refractivity contribution in [3.63, 3.8) is 0 Å². The molecule has 10 nitrogen and oxygen atoms in total. The smallest absolute Gasteiger partial charge is 0.370 e. The third-order valence-electron chi connectivity index (χ3n) is 10.3. The molecule has 1 unspecified atom stereocenters. The highest BCUT2D eigenvalue weighted by Gasteiger charge is 2.64. The Morgan fingerprint density at radius 2 is 1.81 bits per heavy atom. The average Bonchev–Trinajstić information content (AvgIpc) is 3.47. The third-order valence-corrected chi connectivity index (χ3v) is 10.3. The standard InChI is InChI=1S/C39H44F3N7O3/c1-6-10-32-34(15-13-28(21-43)36(32)44-4)48-22-26(2)52-30(24-48)23-46-17-19-47(20-18-46)35-16-14-31-27(3)49(25-33(31)45-35)37(50)38(51-5,39(40,41)42)29-11-8-7-9-12-29/h6-16,26-27,30H,4,17-20,22-25H2,1-3,5H3/b10-6-/t26-,27-,30+,38?/m1/s1. The Hall–Kier alpha value is -4.77. The van der Waals surface area contributed by atoms with Gasteiger partial charge in [-0.25, -0.2) is 4.98 Å². The summed E-state index contributed by atoms with van der Waals surface area (Å²) in [6.45, 7) is 14.5. The molecule has 2 aromatic carbocycles. The molecule has 0 saturated carbocycles. The molecule has 1 amide bonds. The Labute approximate surface area is 302 Å². The molecular weight excluding hydrogens is 671 g/mol. The number of fused-ring (bicyclic) bond motifs is 1. The minimum absolute atomic E-state index is 0.00314. The predicted octanol–water partition coefficient (Wildman–Crippen LogP) is 6.24. The van der Waals surface area contributed by atoms with Crippen molar-refractivity contribution in [3.8, 4) is 6.07 Å². The monoisotopic (exact) mass is 715 g/mol. The van der Waals surface area contributed by atoms with Crippen LogP contribution in [-0.2, 0) is 26.4 Å². The van der Waals surface area contributed by atoms with Crippen molar-refractivity contribution < 1.29 is 27.4 Å². The zero-order valence-corrected chi connectivity index (χ0v) is 29.9. The number of halogens is 3. The number of anilines is 2. The minimum Gasteiger partial charge on any atom is -0.370 e. The summed E-state index contributed by atoms with van der Waals surface area (Å²) < 4.78 is 55.6. The van der Waals surface area contributed by atoms with E-state index in [1.165, 1.54) is 29.2 Å². The number of alkyl halides is 3. The summed E-state index contributed by atoms with van der Waals surface area (Å²) in [7, 11) is 0.923. The number of pyridine rings is 1. The molecule has 0 N–H and O–H groups in total. The Balaban J connectivity index is 1.11. The number of methoxy groups -OCH3 is 1. The molecule has 0 bridgehead atoms. The molecule has 0 spiro atoms. The van der Waals surface area contributed by atoms with Crippen LogP contribution in [0.2, 0.25) is 0 Å². The lowest BCUT2D eigenvalue weighted by Crippen LogP contribution is -2.56. The fraction of sp³-hybridized carbons (Fsp3) is 0.436. The SMILES string of the molecule is C=Nc1c(C#N)ccc(N2C[C@H](CN3CCN(c4ccc5c(n4)CN(C(=O)C(OC)(c4ccccc4)C(F)(F)F)[C@@H]5C)CC3)O[C@H](C)C2)c1/C=C\C. The molecule has 3 aromatic rings. The maximum absolute atomic E-state index is 14.7. The number of nitriles is 1. The van der Waals surface area contributed by atoms with Crippen molar-refractivity contribution in [3.05, 3.63) is 88.6 Å². The van der Waals surface area contributed by atoms with Crippen LogP contribution in [0, 0.1) is 11.3 Å². The van der Waals surface area contributed by atoms with Gasteiger partial charge in [0.15, 0.2) is 0 Å². The van der Waals surface area contributed by atoms with Gasteiger partial charge in [-0.05, 0) is 51.3 Å². The van der Waals surface area contributed by atoms with Gasteiger partial charge in [0.2, 0.25) is 0 Å². The van der Waals surface area contributed by atoms with Crippen molar-refractivity contribution in [1.29, 1.82) is 5.26 Å². The van der Waals surface area contributed by atoms with Gasteiger partial charge in [0.25, 0.3) is 11.5 Å². The van der Waals surface area contributed by atoms with E-state index >= 15 is 0 Å². The van der Waals surface area contributed by atoms with E-state index in [0.29, 0.717) is 43.1 Å². The van der Waals surface area contributed by atoms with E-state index in [0.717, 1.165) is 49.4 Å². The molecule has 13 heteroatoms. The number of ether oxygens (including phenoxy) is 2. The summed E-state index contributed by atoms with van der Waals surface area (Å²) in [6.07, 6.45) is -1.13. The van der Waals surface area contributed by atoms with Crippen molar-refractivity contribution >= 4 is 35.9 Å². The number of morpholine rings is 1. The number of carbonyl (C=O) groups is 1. The fourth-order valence-corrected chi connectivity index (χ4v) is 7.76. The normalized spacial score (nSPS) is 22.3. The molecule has 1 aromatic heterocycles. The van der Waals surface area contributed by atoms with E-state index in [9.17, 15) is 23.2 Å². The highest BCUT2D eigenvalue weighted by atomic mass is 19.4. The number of aromatic nitrogens is 1. The van der Waals surface area contributed by atoms with E-state index in [4.69, 9.17) is 14.5 Å². The molecule has 6 rings (SSSR count). The van der Waals surface area contributed by atoms with Gasteiger partial charge in [-0.15, -0.1) is 0 Å². The molecule has 52 heavy (non-hydrogen) atoms. The molecule has 4 atom stereocenters. The third kappa shape index (κ3) is 6.78. The van der Waals surface area contributed by atoms with Crippen LogP contribution in [0.15, 0.2) is 65.7 Å². The highest BCUT2D eigenvalue weighted by molar-refractivity contribution is 5.88. The van der Waals surface area contributed by atoms with Gasteiger partial charge >= 0.3 is 6.18 Å². The first-order valence-corrected chi connectivity index (χ1v) is 17.5. The largest absolute Gasteiger partial charge is 0.430 e. The first kappa shape index (κ1) is 37.0.